The number of halogens is 1. The molecule has 16 heteroatoms. The van der Waals surface area contributed by atoms with Gasteiger partial charge in [-0.15, -0.1) is 0 Å². The standard InChI is InChI=1S/C32H39FN6O9/c1-2-47-32(46)38-14-12-37(13-15-38)31(45)23(17-27(41)42)36-29(43)22-16-25(28-20(33)8-4-9-21(28)35-22)48-18-26(40)39-11-5-10-24(39)30(44)34-19-6-3-7-19/h4,8-9,16,19,23-24H,2-3,5-7,10-15,17-18H2,1H3,(H,34,44)(H,36,43)(H,41,42). The van der Waals surface area contributed by atoms with E-state index in [0.29, 0.717) is 19.4 Å². The van der Waals surface area contributed by atoms with Crippen LogP contribution in [-0.4, -0.2) is 125 Å². The Balaban J connectivity index is 1.29. The number of carboxylic acid groups (broad SMARTS) is 1. The molecule has 2 saturated heterocycles. The van der Waals surface area contributed by atoms with Crippen LogP contribution in [0, 0.1) is 5.82 Å². The summed E-state index contributed by atoms with van der Waals surface area (Å²) < 4.78 is 25.8. The summed E-state index contributed by atoms with van der Waals surface area (Å²) in [7, 11) is 0. The zero-order chi connectivity index (χ0) is 34.4. The van der Waals surface area contributed by atoms with Gasteiger partial charge in [-0.2, -0.15) is 0 Å². The number of pyridine rings is 1. The minimum atomic E-state index is -1.47. The van der Waals surface area contributed by atoms with Crippen molar-refractivity contribution in [1.29, 1.82) is 0 Å². The third-order valence-corrected chi connectivity index (χ3v) is 8.76. The Morgan fingerprint density at radius 3 is 2.42 bits per heavy atom. The van der Waals surface area contributed by atoms with Crippen LogP contribution in [0.25, 0.3) is 10.9 Å². The zero-order valence-electron chi connectivity index (χ0n) is 26.6. The summed E-state index contributed by atoms with van der Waals surface area (Å²) in [5.74, 6) is -4.49. The number of benzene rings is 1. The Morgan fingerprint density at radius 2 is 1.75 bits per heavy atom. The molecule has 3 fully saturated rings. The monoisotopic (exact) mass is 670 g/mol. The number of amides is 5. The molecule has 0 spiro atoms. The van der Waals surface area contributed by atoms with Gasteiger partial charge in [-0.05, 0) is 51.2 Å². The number of rotatable bonds is 11. The van der Waals surface area contributed by atoms with Gasteiger partial charge in [-0.1, -0.05) is 6.07 Å². The second-order valence-electron chi connectivity index (χ2n) is 11.9. The smallest absolute Gasteiger partial charge is 0.409 e. The number of fused-ring (bicyclic) bond motifs is 1. The number of ether oxygens (including phenoxy) is 2. The number of carbonyl (C=O) groups excluding carboxylic acids is 5. The molecule has 2 aliphatic heterocycles. The van der Waals surface area contributed by atoms with Crippen molar-refractivity contribution in [1.82, 2.24) is 30.3 Å². The second-order valence-corrected chi connectivity index (χ2v) is 11.9. The zero-order valence-corrected chi connectivity index (χ0v) is 26.6. The van der Waals surface area contributed by atoms with E-state index in [4.69, 9.17) is 9.47 Å². The van der Waals surface area contributed by atoms with Crippen molar-refractivity contribution < 1.29 is 47.7 Å². The van der Waals surface area contributed by atoms with E-state index < -0.39 is 60.7 Å². The molecule has 3 heterocycles. The minimum absolute atomic E-state index is 0.0280. The molecule has 2 atom stereocenters. The van der Waals surface area contributed by atoms with Crippen molar-refractivity contribution in [3.05, 3.63) is 35.8 Å². The van der Waals surface area contributed by atoms with E-state index in [9.17, 15) is 33.9 Å². The van der Waals surface area contributed by atoms with Crippen LogP contribution in [0.1, 0.15) is 55.9 Å². The van der Waals surface area contributed by atoms with Crippen molar-refractivity contribution in [3.8, 4) is 5.75 Å². The second kappa shape index (κ2) is 15.3. The van der Waals surface area contributed by atoms with E-state index in [1.54, 1.807) is 6.92 Å². The molecule has 2 aromatic rings. The van der Waals surface area contributed by atoms with Crippen molar-refractivity contribution >= 4 is 46.6 Å². The lowest BCUT2D eigenvalue weighted by Crippen LogP contribution is -2.56. The minimum Gasteiger partial charge on any atom is -0.483 e. The number of nitrogens with one attached hydrogen (secondary N) is 2. The lowest BCUT2D eigenvalue weighted by Gasteiger charge is -2.35. The number of likely N-dealkylation sites (tertiary alicyclic amines) is 1. The molecule has 3 aliphatic rings. The highest BCUT2D eigenvalue weighted by Gasteiger charge is 2.36. The highest BCUT2D eigenvalue weighted by atomic mass is 19.1. The van der Waals surface area contributed by atoms with Crippen LogP contribution in [0.4, 0.5) is 9.18 Å². The largest absolute Gasteiger partial charge is 0.483 e. The summed E-state index contributed by atoms with van der Waals surface area (Å²) in [5, 5.41) is 14.8. The average molecular weight is 671 g/mol. The van der Waals surface area contributed by atoms with Gasteiger partial charge in [0.1, 0.15) is 29.3 Å². The molecule has 15 nitrogen and oxygen atoms in total. The first-order chi connectivity index (χ1) is 23.0. The van der Waals surface area contributed by atoms with Gasteiger partial charge >= 0.3 is 12.1 Å². The highest BCUT2D eigenvalue weighted by molar-refractivity contribution is 6.00. The fourth-order valence-corrected chi connectivity index (χ4v) is 6.00. The molecule has 1 aromatic carbocycles. The molecule has 1 saturated carbocycles. The first kappa shape index (κ1) is 34.3. The van der Waals surface area contributed by atoms with Gasteiger partial charge in [0.15, 0.2) is 6.61 Å². The van der Waals surface area contributed by atoms with Crippen LogP contribution in [0.5, 0.6) is 5.75 Å². The van der Waals surface area contributed by atoms with E-state index in [2.05, 4.69) is 15.6 Å². The van der Waals surface area contributed by atoms with Gasteiger partial charge in [0, 0.05) is 44.8 Å². The number of aliphatic carboxylic acids is 1. The molecular formula is C32H39FN6O9. The van der Waals surface area contributed by atoms with Crippen molar-refractivity contribution in [2.24, 2.45) is 0 Å². The Labute approximate surface area is 275 Å². The molecule has 48 heavy (non-hydrogen) atoms. The quantitative estimate of drug-likeness (QED) is 0.314. The topological polar surface area (TPSA) is 188 Å². The van der Waals surface area contributed by atoms with Gasteiger partial charge in [0.25, 0.3) is 11.8 Å². The number of nitrogens with zero attached hydrogens (tertiary/aromatic N) is 4. The van der Waals surface area contributed by atoms with Crippen LogP contribution in [-0.2, 0) is 23.9 Å². The molecule has 5 rings (SSSR count). The van der Waals surface area contributed by atoms with Crippen LogP contribution < -0.4 is 15.4 Å². The number of hydrogen-bond acceptors (Lipinski definition) is 9. The van der Waals surface area contributed by atoms with Crippen molar-refractivity contribution in [2.75, 3.05) is 45.9 Å². The van der Waals surface area contributed by atoms with Gasteiger partial charge in [0.05, 0.1) is 23.9 Å². The lowest BCUT2D eigenvalue weighted by molar-refractivity contribution is -0.143. The molecular weight excluding hydrogens is 631 g/mol. The fraction of sp³-hybridized carbons (Fsp3) is 0.531. The molecule has 5 amide bonds. The SMILES string of the molecule is CCOC(=O)N1CCN(C(=O)C(CC(=O)O)NC(=O)c2cc(OCC(=O)N3CCCC3C(=O)NC3CCC3)c3c(F)cccc3n2)CC1. The normalized spacial score (nSPS) is 18.5. The predicted octanol–water partition coefficient (Wildman–Crippen LogP) is 1.29. The summed E-state index contributed by atoms with van der Waals surface area (Å²) in [6.07, 6.45) is 2.77. The van der Waals surface area contributed by atoms with E-state index in [-0.39, 0.29) is 67.1 Å². The average Bonchev–Trinajstić information content (AvgIpc) is 3.55. The summed E-state index contributed by atoms with van der Waals surface area (Å²) in [6, 6.07) is 3.12. The van der Waals surface area contributed by atoms with Crippen molar-refractivity contribution in [3.63, 3.8) is 0 Å². The molecule has 3 N–H and O–H groups in total. The van der Waals surface area contributed by atoms with Crippen LogP contribution in [0.3, 0.4) is 0 Å². The van der Waals surface area contributed by atoms with E-state index in [0.717, 1.165) is 25.3 Å². The van der Waals surface area contributed by atoms with E-state index in [1.165, 1.54) is 32.9 Å². The Hall–Kier alpha value is -5.02. The lowest BCUT2D eigenvalue weighted by atomic mass is 9.93. The number of carbonyl (C=O) groups is 6. The Kier molecular flexibility index (Phi) is 10.9. The molecule has 2 unspecified atom stereocenters. The van der Waals surface area contributed by atoms with Crippen molar-refractivity contribution in [2.45, 2.75) is 63.6 Å². The molecule has 0 bridgehead atoms. The van der Waals surface area contributed by atoms with Gasteiger partial charge in [0.2, 0.25) is 11.8 Å². The molecule has 258 valence electrons. The third-order valence-electron chi connectivity index (χ3n) is 8.76. The van der Waals surface area contributed by atoms with Crippen LogP contribution in [0.15, 0.2) is 24.3 Å². The number of aromatic nitrogens is 1. The van der Waals surface area contributed by atoms with Gasteiger partial charge < -0.3 is 39.9 Å². The predicted molar refractivity (Wildman–Crippen MR) is 166 cm³/mol. The third kappa shape index (κ3) is 7.91. The summed E-state index contributed by atoms with van der Waals surface area (Å²) in [4.78, 5) is 84.9. The maximum Gasteiger partial charge on any atom is 0.409 e. The number of piperazine rings is 1. The Bertz CT molecular complexity index is 1580. The van der Waals surface area contributed by atoms with E-state index >= 15 is 4.39 Å². The molecule has 1 aliphatic carbocycles. The summed E-state index contributed by atoms with van der Waals surface area (Å²) >= 11 is 0. The molecule has 0 radical (unpaired) electrons. The summed E-state index contributed by atoms with van der Waals surface area (Å²) in [6.45, 7) is 2.22. The fourth-order valence-electron chi connectivity index (χ4n) is 6.00. The van der Waals surface area contributed by atoms with E-state index in [1.807, 2.05) is 0 Å². The van der Waals surface area contributed by atoms with Crippen LogP contribution >= 0.6 is 0 Å². The number of carboxylic acids is 1. The first-order valence-corrected chi connectivity index (χ1v) is 16.1. The Morgan fingerprint density at radius 1 is 1.02 bits per heavy atom. The summed E-state index contributed by atoms with van der Waals surface area (Å²) in [5.41, 5.74) is -0.273. The first-order valence-electron chi connectivity index (χ1n) is 16.1. The maximum atomic E-state index is 15.0. The highest BCUT2D eigenvalue weighted by Crippen LogP contribution is 2.29. The van der Waals surface area contributed by atoms with Crippen LogP contribution in [0.2, 0.25) is 0 Å². The molecule has 1 aromatic heterocycles. The van der Waals surface area contributed by atoms with Gasteiger partial charge in [-0.25, -0.2) is 14.2 Å². The van der Waals surface area contributed by atoms with Gasteiger partial charge in [-0.3, -0.25) is 24.0 Å². The maximum absolute atomic E-state index is 15.0. The number of hydrogen-bond donors (Lipinski definition) is 3.